The summed E-state index contributed by atoms with van der Waals surface area (Å²) in [5.74, 6) is 0.847. The van der Waals surface area contributed by atoms with Gasteiger partial charge >= 0.3 is 0 Å². The molecule has 1 saturated carbocycles. The molecule has 3 nitrogen and oxygen atoms in total. The molecule has 1 aliphatic rings. The maximum atomic E-state index is 10.6. The minimum atomic E-state index is -3.30. The van der Waals surface area contributed by atoms with Gasteiger partial charge in [-0.3, -0.25) is 0 Å². The highest BCUT2D eigenvalue weighted by Crippen LogP contribution is 2.24. The van der Waals surface area contributed by atoms with E-state index in [2.05, 4.69) is 0 Å². The second kappa shape index (κ2) is 7.51. The van der Waals surface area contributed by atoms with Crippen LogP contribution in [0.2, 0.25) is 0 Å². The summed E-state index contributed by atoms with van der Waals surface area (Å²) >= 11 is 0. The lowest BCUT2D eigenvalue weighted by atomic mass is 10.1. The van der Waals surface area contributed by atoms with Gasteiger partial charge in [0.25, 0.3) is 0 Å². The van der Waals surface area contributed by atoms with E-state index in [1.807, 2.05) is 0 Å². The van der Waals surface area contributed by atoms with Gasteiger partial charge in [0.05, 0.1) is 5.75 Å². The van der Waals surface area contributed by atoms with Gasteiger partial charge in [-0.15, -0.1) is 0 Å². The van der Waals surface area contributed by atoms with E-state index in [-0.39, 0.29) is 5.75 Å². The first-order chi connectivity index (χ1) is 7.58. The third-order valence-electron chi connectivity index (χ3n) is 3.01. The van der Waals surface area contributed by atoms with Crippen LogP contribution >= 0.6 is 10.7 Å². The molecule has 0 N–H and O–H groups in total. The number of hydrogen-bond donors (Lipinski definition) is 0. The molecule has 16 heavy (non-hydrogen) atoms. The molecule has 0 saturated heterocycles. The van der Waals surface area contributed by atoms with Crippen LogP contribution < -0.4 is 0 Å². The van der Waals surface area contributed by atoms with Crippen molar-refractivity contribution >= 4 is 19.7 Å². The molecule has 1 aliphatic carbocycles. The Kier molecular flexibility index (Phi) is 6.70. The maximum Gasteiger partial charge on any atom is 0.232 e. The van der Waals surface area contributed by atoms with Gasteiger partial charge in [0.1, 0.15) is 0 Å². The number of rotatable bonds is 8. The summed E-state index contributed by atoms with van der Waals surface area (Å²) in [5, 5.41) is 0. The third-order valence-corrected chi connectivity index (χ3v) is 4.24. The Morgan fingerprint density at radius 1 is 1.12 bits per heavy atom. The van der Waals surface area contributed by atoms with E-state index in [0.29, 0.717) is 6.42 Å². The van der Waals surface area contributed by atoms with Crippen molar-refractivity contribution < 1.29 is 13.2 Å². The first-order valence-corrected chi connectivity index (χ1v) is 8.56. The lowest BCUT2D eigenvalue weighted by Gasteiger charge is -2.09. The van der Waals surface area contributed by atoms with Crippen LogP contribution in [-0.2, 0) is 13.8 Å². The summed E-state index contributed by atoms with van der Waals surface area (Å²) in [6.07, 6.45) is 7.76. The molecule has 0 unspecified atom stereocenters. The van der Waals surface area contributed by atoms with Crippen molar-refractivity contribution in [3.8, 4) is 0 Å². The topological polar surface area (TPSA) is 43.4 Å². The van der Waals surface area contributed by atoms with Crippen molar-refractivity contribution in [3.63, 3.8) is 0 Å². The number of halogens is 1. The highest BCUT2D eigenvalue weighted by molar-refractivity contribution is 8.13. The van der Waals surface area contributed by atoms with E-state index in [4.69, 9.17) is 15.4 Å². The summed E-state index contributed by atoms with van der Waals surface area (Å²) in [4.78, 5) is 0. The van der Waals surface area contributed by atoms with Crippen molar-refractivity contribution in [1.29, 1.82) is 0 Å². The lowest BCUT2D eigenvalue weighted by molar-refractivity contribution is 0.0982. The summed E-state index contributed by atoms with van der Waals surface area (Å²) in [6, 6.07) is 0. The Labute approximate surface area is 103 Å². The molecule has 0 heterocycles. The van der Waals surface area contributed by atoms with E-state index in [1.165, 1.54) is 25.7 Å². The van der Waals surface area contributed by atoms with E-state index in [1.54, 1.807) is 0 Å². The molecule has 0 aromatic rings. The molecule has 0 radical (unpaired) electrons. The van der Waals surface area contributed by atoms with Crippen molar-refractivity contribution in [3.05, 3.63) is 0 Å². The zero-order valence-corrected chi connectivity index (χ0v) is 11.2. The van der Waals surface area contributed by atoms with Crippen LogP contribution in [0.3, 0.4) is 0 Å². The van der Waals surface area contributed by atoms with Gasteiger partial charge in [-0.25, -0.2) is 8.42 Å². The molecule has 5 heteroatoms. The minimum Gasteiger partial charge on any atom is -0.381 e. The Hall–Kier alpha value is 0.200. The molecule has 0 amide bonds. The van der Waals surface area contributed by atoms with Crippen LogP contribution in [0.25, 0.3) is 0 Å². The molecule has 0 atom stereocenters. The number of ether oxygens (including phenoxy) is 1. The van der Waals surface area contributed by atoms with Crippen LogP contribution in [0.4, 0.5) is 0 Å². The standard InChI is InChI=1S/C11H21ClO3S/c12-16(13,14)9-5-1-4-8-15-10-11-6-2-3-7-11/h11H,1-10H2. The predicted octanol–water partition coefficient (Wildman–Crippen LogP) is 2.93. The zero-order valence-electron chi connectivity index (χ0n) is 9.66. The monoisotopic (exact) mass is 268 g/mol. The van der Waals surface area contributed by atoms with Crippen molar-refractivity contribution in [1.82, 2.24) is 0 Å². The average molecular weight is 269 g/mol. The molecule has 96 valence electrons. The fourth-order valence-corrected chi connectivity index (χ4v) is 2.96. The highest BCUT2D eigenvalue weighted by atomic mass is 35.7. The Morgan fingerprint density at radius 3 is 2.44 bits per heavy atom. The Morgan fingerprint density at radius 2 is 1.81 bits per heavy atom. The molecular formula is C11H21ClO3S. The quantitative estimate of drug-likeness (QED) is 0.502. The Bertz CT molecular complexity index is 271. The summed E-state index contributed by atoms with van der Waals surface area (Å²) in [7, 11) is 1.80. The van der Waals surface area contributed by atoms with Crippen molar-refractivity contribution in [2.45, 2.75) is 44.9 Å². The summed E-state index contributed by atoms with van der Waals surface area (Å²) in [5.41, 5.74) is 0. The van der Waals surface area contributed by atoms with Gasteiger partial charge < -0.3 is 4.74 Å². The van der Waals surface area contributed by atoms with Gasteiger partial charge in [0, 0.05) is 23.9 Å². The zero-order chi connectivity index (χ0) is 11.9. The first-order valence-electron chi connectivity index (χ1n) is 6.08. The van der Waals surface area contributed by atoms with Gasteiger partial charge in [0.15, 0.2) is 0 Å². The van der Waals surface area contributed by atoms with Crippen LogP contribution in [0.5, 0.6) is 0 Å². The molecule has 0 aromatic carbocycles. The SMILES string of the molecule is O=S(=O)(Cl)CCCCCOCC1CCCC1. The maximum absolute atomic E-state index is 10.6. The summed E-state index contributed by atoms with van der Waals surface area (Å²) < 4.78 is 26.8. The van der Waals surface area contributed by atoms with E-state index < -0.39 is 9.05 Å². The fourth-order valence-electron chi connectivity index (χ4n) is 2.08. The number of hydrogen-bond acceptors (Lipinski definition) is 3. The van der Waals surface area contributed by atoms with Crippen LogP contribution in [-0.4, -0.2) is 27.4 Å². The van der Waals surface area contributed by atoms with Crippen LogP contribution in [0.1, 0.15) is 44.9 Å². The molecule has 1 rings (SSSR count). The normalized spacial score (nSPS) is 18.1. The average Bonchev–Trinajstić information content (AvgIpc) is 2.67. The van der Waals surface area contributed by atoms with E-state index >= 15 is 0 Å². The van der Waals surface area contributed by atoms with Crippen LogP contribution in [0, 0.1) is 5.92 Å². The molecular weight excluding hydrogens is 248 g/mol. The minimum absolute atomic E-state index is 0.0805. The van der Waals surface area contributed by atoms with E-state index in [0.717, 1.165) is 32.0 Å². The van der Waals surface area contributed by atoms with Gasteiger partial charge in [-0.1, -0.05) is 19.3 Å². The third kappa shape index (κ3) is 7.47. The fraction of sp³-hybridized carbons (Fsp3) is 1.00. The second-order valence-electron chi connectivity index (χ2n) is 4.53. The smallest absolute Gasteiger partial charge is 0.232 e. The molecule has 0 bridgehead atoms. The molecule has 0 spiro atoms. The number of unbranched alkanes of at least 4 members (excludes halogenated alkanes) is 2. The van der Waals surface area contributed by atoms with E-state index in [9.17, 15) is 8.42 Å². The predicted molar refractivity (Wildman–Crippen MR) is 66.3 cm³/mol. The molecule has 0 aromatic heterocycles. The van der Waals surface area contributed by atoms with Crippen LogP contribution in [0.15, 0.2) is 0 Å². The first kappa shape index (κ1) is 14.3. The molecule has 1 fully saturated rings. The van der Waals surface area contributed by atoms with Gasteiger partial charge in [0.2, 0.25) is 9.05 Å². The Balaban J connectivity index is 1.84. The van der Waals surface area contributed by atoms with Gasteiger partial charge in [-0.2, -0.15) is 0 Å². The molecule has 0 aliphatic heterocycles. The lowest BCUT2D eigenvalue weighted by Crippen LogP contribution is -2.06. The second-order valence-corrected chi connectivity index (χ2v) is 7.43. The summed E-state index contributed by atoms with van der Waals surface area (Å²) in [6.45, 7) is 1.63. The highest BCUT2D eigenvalue weighted by Gasteiger charge is 2.14. The van der Waals surface area contributed by atoms with Gasteiger partial charge in [-0.05, 0) is 31.6 Å². The largest absolute Gasteiger partial charge is 0.381 e. The van der Waals surface area contributed by atoms with Crippen molar-refractivity contribution in [2.75, 3.05) is 19.0 Å². The van der Waals surface area contributed by atoms with Crippen molar-refractivity contribution in [2.24, 2.45) is 5.92 Å².